The van der Waals surface area contributed by atoms with E-state index in [1.165, 1.54) is 10.5 Å². The second kappa shape index (κ2) is 9.84. The van der Waals surface area contributed by atoms with E-state index in [0.717, 1.165) is 16.7 Å². The van der Waals surface area contributed by atoms with Crippen molar-refractivity contribution in [3.63, 3.8) is 0 Å². The topological polar surface area (TPSA) is 96.5 Å². The number of rotatable bonds is 5. The van der Waals surface area contributed by atoms with Crippen molar-refractivity contribution in [1.29, 1.82) is 5.26 Å². The van der Waals surface area contributed by atoms with Gasteiger partial charge in [0.2, 0.25) is 5.88 Å². The van der Waals surface area contributed by atoms with Gasteiger partial charge in [-0.2, -0.15) is 10.2 Å². The first-order valence-corrected chi connectivity index (χ1v) is 11.1. The normalized spacial score (nSPS) is 11.2. The molecule has 0 saturated heterocycles. The van der Waals surface area contributed by atoms with Gasteiger partial charge in [-0.05, 0) is 86.0 Å². The number of pyridine rings is 1. The van der Waals surface area contributed by atoms with Crippen LogP contribution in [-0.2, 0) is 4.79 Å². The Morgan fingerprint density at radius 2 is 1.83 bits per heavy atom. The smallest absolute Gasteiger partial charge is 0.269 e. The Labute approximate surface area is 206 Å². The number of fused-ring (bicyclic) bond motifs is 1. The lowest BCUT2D eigenvalue weighted by Gasteiger charge is -2.12. The van der Waals surface area contributed by atoms with Gasteiger partial charge in [0.1, 0.15) is 28.6 Å². The summed E-state index contributed by atoms with van der Waals surface area (Å²) in [6, 6.07) is 17.4. The predicted molar refractivity (Wildman–Crippen MR) is 136 cm³/mol. The largest absolute Gasteiger partial charge is 0.438 e. The molecule has 7 nitrogen and oxygen atoms in total. The number of carbonyl (C=O) groups excluding carboxylic acids is 1. The molecule has 0 spiro atoms. The fraction of sp³-hybridized carbons (Fsp3) is 0.111. The minimum absolute atomic E-state index is 0.0293. The monoisotopic (exact) mass is 484 g/mol. The molecule has 1 N–H and O–H groups in total. The molecule has 0 atom stereocenters. The molecule has 0 radical (unpaired) electrons. The number of anilines is 1. The average Bonchev–Trinajstić information content (AvgIpc) is 2.83. The molecule has 4 aromatic rings. The van der Waals surface area contributed by atoms with Crippen LogP contribution in [0.5, 0.6) is 11.6 Å². The molecule has 0 fully saturated rings. The minimum Gasteiger partial charge on any atom is -0.438 e. The summed E-state index contributed by atoms with van der Waals surface area (Å²) in [6.07, 6.45) is 2.77. The van der Waals surface area contributed by atoms with Gasteiger partial charge in [-0.15, -0.1) is 0 Å². The van der Waals surface area contributed by atoms with Crippen LogP contribution in [0, 0.1) is 32.1 Å². The van der Waals surface area contributed by atoms with Gasteiger partial charge in [0.05, 0.1) is 0 Å². The maximum atomic E-state index is 13.4. The quantitative estimate of drug-likeness (QED) is 0.293. The van der Waals surface area contributed by atoms with Gasteiger partial charge in [-0.1, -0.05) is 23.7 Å². The molecule has 2 aromatic heterocycles. The van der Waals surface area contributed by atoms with Crippen LogP contribution in [0.1, 0.15) is 22.3 Å². The Balaban J connectivity index is 1.81. The van der Waals surface area contributed by atoms with Crippen LogP contribution >= 0.6 is 11.6 Å². The number of aromatic nitrogens is 2. The highest BCUT2D eigenvalue weighted by Gasteiger charge is 2.18. The van der Waals surface area contributed by atoms with Crippen molar-refractivity contribution in [1.82, 2.24) is 9.38 Å². The fourth-order valence-electron chi connectivity index (χ4n) is 3.42. The Morgan fingerprint density at radius 3 is 2.51 bits per heavy atom. The van der Waals surface area contributed by atoms with Gasteiger partial charge >= 0.3 is 0 Å². The van der Waals surface area contributed by atoms with Crippen molar-refractivity contribution in [3.05, 3.63) is 104 Å². The lowest BCUT2D eigenvalue weighted by molar-refractivity contribution is -0.112. The number of halogens is 1. The maximum Gasteiger partial charge on any atom is 0.269 e. The van der Waals surface area contributed by atoms with Crippen molar-refractivity contribution >= 4 is 34.9 Å². The van der Waals surface area contributed by atoms with Crippen molar-refractivity contribution in [2.24, 2.45) is 0 Å². The van der Waals surface area contributed by atoms with Gasteiger partial charge in [-0.3, -0.25) is 14.0 Å². The molecule has 174 valence electrons. The molecule has 0 unspecified atom stereocenters. The number of carbonyl (C=O) groups is 1. The van der Waals surface area contributed by atoms with Crippen LogP contribution in [0.4, 0.5) is 5.69 Å². The van der Waals surface area contributed by atoms with E-state index in [2.05, 4.69) is 10.3 Å². The van der Waals surface area contributed by atoms with Crippen molar-refractivity contribution < 1.29 is 9.53 Å². The van der Waals surface area contributed by atoms with E-state index in [0.29, 0.717) is 22.1 Å². The van der Waals surface area contributed by atoms with Gasteiger partial charge in [0, 0.05) is 16.9 Å². The van der Waals surface area contributed by atoms with Crippen LogP contribution < -0.4 is 15.6 Å². The number of hydrogen-bond donors (Lipinski definition) is 1. The number of ether oxygens (including phenoxy) is 1. The van der Waals surface area contributed by atoms with Crippen LogP contribution in [0.25, 0.3) is 11.7 Å². The molecule has 35 heavy (non-hydrogen) atoms. The standard InChI is InChI=1S/C27H21ClN4O3/c1-16-6-9-21(13-18(16)3)30-25(33)19(15-29)14-23-26(35-22-10-7-20(28)8-11-22)31-24-17(2)5-4-12-32(24)27(23)34/h4-14H,1-3H3,(H,30,33)/b19-14-. The minimum atomic E-state index is -0.651. The number of nitrogens with one attached hydrogen (secondary N) is 1. The first-order valence-electron chi connectivity index (χ1n) is 10.7. The lowest BCUT2D eigenvalue weighted by atomic mass is 10.1. The molecule has 0 saturated carbocycles. The molecule has 1 amide bonds. The summed E-state index contributed by atoms with van der Waals surface area (Å²) >= 11 is 5.96. The number of amides is 1. The molecular formula is C27H21ClN4O3. The molecule has 0 aliphatic rings. The second-order valence-electron chi connectivity index (χ2n) is 8.00. The average molecular weight is 485 g/mol. The van der Waals surface area contributed by atoms with Crippen LogP contribution in [0.3, 0.4) is 0 Å². The fourth-order valence-corrected chi connectivity index (χ4v) is 3.54. The molecular weight excluding hydrogens is 464 g/mol. The summed E-state index contributed by atoms with van der Waals surface area (Å²) in [4.78, 5) is 30.8. The van der Waals surface area contributed by atoms with E-state index in [1.54, 1.807) is 42.6 Å². The van der Waals surface area contributed by atoms with Crippen molar-refractivity contribution in [2.75, 3.05) is 5.32 Å². The zero-order valence-corrected chi connectivity index (χ0v) is 20.1. The van der Waals surface area contributed by atoms with Gasteiger partial charge in [0.25, 0.3) is 11.5 Å². The van der Waals surface area contributed by atoms with E-state index >= 15 is 0 Å². The zero-order chi connectivity index (χ0) is 25.1. The first-order chi connectivity index (χ1) is 16.8. The van der Waals surface area contributed by atoms with Gasteiger partial charge in [0.15, 0.2) is 0 Å². The molecule has 0 bridgehead atoms. The number of aryl methyl sites for hydroxylation is 3. The molecule has 4 rings (SSSR count). The van der Waals surface area contributed by atoms with Crippen molar-refractivity contribution in [2.45, 2.75) is 20.8 Å². The summed E-state index contributed by atoms with van der Waals surface area (Å²) in [7, 11) is 0. The van der Waals surface area contributed by atoms with E-state index in [-0.39, 0.29) is 17.0 Å². The Bertz CT molecular complexity index is 1580. The summed E-state index contributed by atoms with van der Waals surface area (Å²) < 4.78 is 7.27. The first kappa shape index (κ1) is 23.7. The second-order valence-corrected chi connectivity index (χ2v) is 8.44. The number of nitriles is 1. The third-order valence-electron chi connectivity index (χ3n) is 5.50. The van der Waals surface area contributed by atoms with Crippen LogP contribution in [0.2, 0.25) is 5.02 Å². The summed E-state index contributed by atoms with van der Waals surface area (Å²) in [5.74, 6) is -0.285. The molecule has 2 heterocycles. The number of nitrogens with zero attached hydrogens (tertiary/aromatic N) is 3. The number of hydrogen-bond acceptors (Lipinski definition) is 5. The number of benzene rings is 2. The molecule has 2 aromatic carbocycles. The molecule has 8 heteroatoms. The van der Waals surface area contributed by atoms with Crippen LogP contribution in [0.15, 0.2) is 71.2 Å². The lowest BCUT2D eigenvalue weighted by Crippen LogP contribution is -2.20. The van der Waals surface area contributed by atoms with Crippen LogP contribution in [-0.4, -0.2) is 15.3 Å². The highest BCUT2D eigenvalue weighted by Crippen LogP contribution is 2.26. The van der Waals surface area contributed by atoms with Gasteiger partial charge < -0.3 is 10.1 Å². The Kier molecular flexibility index (Phi) is 6.67. The third kappa shape index (κ3) is 5.08. The predicted octanol–water partition coefficient (Wildman–Crippen LogP) is 5.61. The summed E-state index contributed by atoms with van der Waals surface area (Å²) in [5.41, 5.74) is 3.00. The Morgan fingerprint density at radius 1 is 1.09 bits per heavy atom. The van der Waals surface area contributed by atoms with E-state index in [9.17, 15) is 14.9 Å². The highest BCUT2D eigenvalue weighted by atomic mass is 35.5. The van der Waals surface area contributed by atoms with Gasteiger partial charge in [-0.25, -0.2) is 0 Å². The summed E-state index contributed by atoms with van der Waals surface area (Å²) in [5, 5.41) is 13.0. The Hall–Kier alpha value is -4.41. The van der Waals surface area contributed by atoms with Crippen molar-refractivity contribution in [3.8, 4) is 17.7 Å². The molecule has 0 aliphatic heterocycles. The molecule has 0 aliphatic carbocycles. The maximum absolute atomic E-state index is 13.4. The highest BCUT2D eigenvalue weighted by molar-refractivity contribution is 6.30. The third-order valence-corrected chi connectivity index (χ3v) is 5.75. The SMILES string of the molecule is Cc1ccc(NC(=O)/C(C#N)=C\c2c(Oc3ccc(Cl)cc3)nc3c(C)cccn3c2=O)cc1C. The van der Waals surface area contributed by atoms with E-state index in [4.69, 9.17) is 16.3 Å². The van der Waals surface area contributed by atoms with E-state index < -0.39 is 11.5 Å². The zero-order valence-electron chi connectivity index (χ0n) is 19.3. The van der Waals surface area contributed by atoms with E-state index in [1.807, 2.05) is 45.0 Å². The summed E-state index contributed by atoms with van der Waals surface area (Å²) in [6.45, 7) is 5.71.